The van der Waals surface area contributed by atoms with Gasteiger partial charge in [-0.15, -0.1) is 5.26 Å². The molecule has 0 spiro atoms. The van der Waals surface area contributed by atoms with E-state index >= 15 is 0 Å². The summed E-state index contributed by atoms with van der Waals surface area (Å²) in [6.45, 7) is 1.59. The normalized spacial score (nSPS) is 10.1. The van der Waals surface area contributed by atoms with Crippen LogP contribution in [0.25, 0.3) is 0 Å². The van der Waals surface area contributed by atoms with Crippen LogP contribution in [0.5, 0.6) is 0 Å². The standard InChI is InChI=1S/C7H5IN.C7H8O3S/c9-6-8-7-4-2-1-3-5-7;1-6-4-2-3-5-7(6)11(8,9)10/h1-5H;2-5H,1H3,(H,8,9,10)/q+1;/p-1. The highest BCUT2D eigenvalue weighted by Gasteiger charge is 2.07. The van der Waals surface area contributed by atoms with Crippen molar-refractivity contribution in [3.8, 4) is 4.08 Å². The lowest BCUT2D eigenvalue weighted by atomic mass is 10.2. The molecule has 2 aromatic rings. The quantitative estimate of drug-likeness (QED) is 0.494. The average molecular weight is 401 g/mol. The Morgan fingerprint density at radius 3 is 2.05 bits per heavy atom. The number of nitrogens with zero attached hydrogens (tertiary/aromatic N) is 1. The minimum absolute atomic E-state index is 0.139. The summed E-state index contributed by atoms with van der Waals surface area (Å²) in [5.41, 5.74) is 0.488. The summed E-state index contributed by atoms with van der Waals surface area (Å²) in [5.74, 6) is 0. The zero-order valence-corrected chi connectivity index (χ0v) is 13.6. The topological polar surface area (TPSA) is 81.0 Å². The van der Waals surface area contributed by atoms with Crippen molar-refractivity contribution in [2.75, 3.05) is 0 Å². The molecule has 0 unspecified atom stereocenters. The van der Waals surface area contributed by atoms with E-state index in [1.54, 1.807) is 19.1 Å². The van der Waals surface area contributed by atoms with Gasteiger partial charge in [-0.3, -0.25) is 0 Å². The van der Waals surface area contributed by atoms with Gasteiger partial charge in [0.15, 0.2) is 0 Å². The first-order chi connectivity index (χ1) is 9.45. The Labute approximate surface area is 129 Å². The largest absolute Gasteiger partial charge is 0.744 e. The van der Waals surface area contributed by atoms with E-state index in [1.807, 2.05) is 30.3 Å². The molecule has 6 heteroatoms. The summed E-state index contributed by atoms with van der Waals surface area (Å²) < 4.78 is 34.9. The summed E-state index contributed by atoms with van der Waals surface area (Å²) in [6, 6.07) is 16.0. The molecular weight excluding hydrogens is 389 g/mol. The number of aryl methyl sites for hydroxylation is 1. The van der Waals surface area contributed by atoms with E-state index in [2.05, 4.69) is 4.08 Å². The maximum Gasteiger partial charge on any atom is 0.449 e. The van der Waals surface area contributed by atoms with E-state index in [0.29, 0.717) is 5.56 Å². The minimum Gasteiger partial charge on any atom is -0.744 e. The second-order valence-electron chi connectivity index (χ2n) is 3.69. The second-order valence-corrected chi connectivity index (χ2v) is 7.31. The van der Waals surface area contributed by atoms with E-state index in [4.69, 9.17) is 5.26 Å². The molecule has 0 heterocycles. The van der Waals surface area contributed by atoms with E-state index < -0.39 is 10.1 Å². The Morgan fingerprint density at radius 1 is 1.05 bits per heavy atom. The van der Waals surface area contributed by atoms with Gasteiger partial charge in [0.05, 0.1) is 4.90 Å². The van der Waals surface area contributed by atoms with E-state index in [1.165, 1.54) is 15.7 Å². The van der Waals surface area contributed by atoms with Crippen LogP contribution in [0.15, 0.2) is 59.5 Å². The highest BCUT2D eigenvalue weighted by atomic mass is 127. The Morgan fingerprint density at radius 2 is 1.60 bits per heavy atom. The van der Waals surface area contributed by atoms with Crippen LogP contribution in [0.4, 0.5) is 0 Å². The molecule has 20 heavy (non-hydrogen) atoms. The molecule has 104 valence electrons. The van der Waals surface area contributed by atoms with Gasteiger partial charge in [-0.05, 0) is 30.7 Å². The summed E-state index contributed by atoms with van der Waals surface area (Å²) >= 11 is -0.365. The molecule has 0 aliphatic rings. The molecule has 0 amide bonds. The van der Waals surface area contributed by atoms with Crippen LogP contribution < -0.4 is 21.2 Å². The average Bonchev–Trinajstić information content (AvgIpc) is 2.40. The van der Waals surface area contributed by atoms with Gasteiger partial charge < -0.3 is 4.55 Å². The second kappa shape index (κ2) is 7.99. The number of hydrogen-bond acceptors (Lipinski definition) is 4. The molecule has 2 rings (SSSR count). The van der Waals surface area contributed by atoms with Crippen molar-refractivity contribution >= 4 is 10.1 Å². The molecule has 0 saturated heterocycles. The van der Waals surface area contributed by atoms with Crippen molar-refractivity contribution in [2.24, 2.45) is 0 Å². The highest BCUT2D eigenvalue weighted by molar-refractivity contribution is 7.85. The lowest BCUT2D eigenvalue weighted by Gasteiger charge is -2.08. The predicted molar refractivity (Wildman–Crippen MR) is 69.9 cm³/mol. The fourth-order valence-corrected chi connectivity index (χ4v) is 3.12. The van der Waals surface area contributed by atoms with Gasteiger partial charge >= 0.3 is 25.3 Å². The number of rotatable bonds is 2. The molecule has 0 fully saturated rings. The van der Waals surface area contributed by atoms with Crippen molar-refractivity contribution in [3.05, 3.63) is 63.7 Å². The SMILES string of the molecule is Cc1ccccc1S(=O)(=O)[O-].N#C[I+]c1ccccc1. The van der Waals surface area contributed by atoms with Gasteiger partial charge in [-0.1, -0.05) is 36.4 Å². The Kier molecular flexibility index (Phi) is 6.64. The van der Waals surface area contributed by atoms with Gasteiger partial charge in [0.1, 0.15) is 10.1 Å². The predicted octanol–water partition coefficient (Wildman–Crippen LogP) is -0.675. The molecule has 2 aromatic carbocycles. The maximum absolute atomic E-state index is 10.5. The third-order valence-corrected chi connectivity index (χ3v) is 4.83. The number of hydrogen-bond donors (Lipinski definition) is 0. The number of nitriles is 1. The van der Waals surface area contributed by atoms with Crippen molar-refractivity contribution in [2.45, 2.75) is 11.8 Å². The first kappa shape index (κ1) is 16.6. The molecule has 0 saturated carbocycles. The Hall–Kier alpha value is -1.43. The third kappa shape index (κ3) is 5.69. The fraction of sp³-hybridized carbons (Fsp3) is 0.0714. The number of halogens is 1. The van der Waals surface area contributed by atoms with Crippen LogP contribution in [-0.4, -0.2) is 13.0 Å². The monoisotopic (exact) mass is 401 g/mol. The lowest BCUT2D eigenvalue weighted by Crippen LogP contribution is -3.59. The van der Waals surface area contributed by atoms with Crippen molar-refractivity contribution in [3.63, 3.8) is 0 Å². The van der Waals surface area contributed by atoms with Gasteiger partial charge in [0.2, 0.25) is 3.57 Å². The molecule has 0 atom stereocenters. The lowest BCUT2D eigenvalue weighted by molar-refractivity contribution is -0.538. The van der Waals surface area contributed by atoms with Crippen LogP contribution in [-0.2, 0) is 10.1 Å². The maximum atomic E-state index is 10.5. The zero-order chi connectivity index (χ0) is 15.0. The van der Waals surface area contributed by atoms with Gasteiger partial charge in [0, 0.05) is 0 Å². The van der Waals surface area contributed by atoms with Crippen LogP contribution in [0.3, 0.4) is 0 Å². The molecule has 0 radical (unpaired) electrons. The highest BCUT2D eigenvalue weighted by Crippen LogP contribution is 2.12. The summed E-state index contributed by atoms with van der Waals surface area (Å²) in [6.07, 6.45) is 0. The van der Waals surface area contributed by atoms with Gasteiger partial charge in [-0.2, -0.15) is 0 Å². The fourth-order valence-electron chi connectivity index (χ4n) is 1.36. The molecule has 0 aliphatic heterocycles. The van der Waals surface area contributed by atoms with Gasteiger partial charge in [-0.25, -0.2) is 8.42 Å². The Bertz CT molecular complexity index is 694. The summed E-state index contributed by atoms with van der Waals surface area (Å²) in [4.78, 5) is -0.139. The summed E-state index contributed by atoms with van der Waals surface area (Å²) in [5, 5.41) is 8.32. The molecule has 0 bridgehead atoms. The van der Waals surface area contributed by atoms with Crippen molar-refractivity contribution < 1.29 is 34.2 Å². The zero-order valence-electron chi connectivity index (χ0n) is 10.7. The molecule has 0 aromatic heterocycles. The molecule has 4 nitrogen and oxygen atoms in total. The van der Waals surface area contributed by atoms with E-state index in [0.717, 1.165) is 0 Å². The number of benzene rings is 2. The molecule has 0 aliphatic carbocycles. The van der Waals surface area contributed by atoms with Crippen LogP contribution in [0.1, 0.15) is 5.56 Å². The first-order valence-electron chi connectivity index (χ1n) is 5.54. The first-order valence-corrected chi connectivity index (χ1v) is 9.11. The van der Waals surface area contributed by atoms with E-state index in [9.17, 15) is 13.0 Å². The molecular formula is C14H12INO3S. The van der Waals surface area contributed by atoms with Gasteiger partial charge in [0.25, 0.3) is 0 Å². The van der Waals surface area contributed by atoms with Crippen LogP contribution in [0, 0.1) is 19.8 Å². The van der Waals surface area contributed by atoms with Crippen LogP contribution in [0.2, 0.25) is 0 Å². The van der Waals surface area contributed by atoms with Crippen LogP contribution >= 0.6 is 0 Å². The Balaban J connectivity index is 0.000000204. The summed E-state index contributed by atoms with van der Waals surface area (Å²) in [7, 11) is -4.28. The van der Waals surface area contributed by atoms with E-state index in [-0.39, 0.29) is 26.1 Å². The smallest absolute Gasteiger partial charge is 0.449 e. The third-order valence-electron chi connectivity index (χ3n) is 2.25. The molecule has 0 N–H and O–H groups in total. The van der Waals surface area contributed by atoms with Crippen molar-refractivity contribution in [1.82, 2.24) is 0 Å². The minimum atomic E-state index is -4.28. The van der Waals surface area contributed by atoms with Crippen molar-refractivity contribution in [1.29, 1.82) is 5.26 Å².